The fourth-order valence-electron chi connectivity index (χ4n) is 2.59. The average molecular weight is 290 g/mol. The minimum absolute atomic E-state index is 0.0284. The summed E-state index contributed by atoms with van der Waals surface area (Å²) < 4.78 is 0. The zero-order chi connectivity index (χ0) is 15.4. The number of nitrogens with zero attached hydrogens (tertiary/aromatic N) is 3. The first-order valence-corrected chi connectivity index (χ1v) is 7.14. The summed E-state index contributed by atoms with van der Waals surface area (Å²) in [5.41, 5.74) is 1.33. The van der Waals surface area contributed by atoms with Gasteiger partial charge in [-0.3, -0.25) is 14.6 Å². The first-order chi connectivity index (χ1) is 10.0. The van der Waals surface area contributed by atoms with Gasteiger partial charge in [-0.1, -0.05) is 6.07 Å². The molecular formula is C15H22N4O2. The molecule has 0 aromatic carbocycles. The number of aryl methyl sites for hydroxylation is 1. The summed E-state index contributed by atoms with van der Waals surface area (Å²) in [6, 6.07) is 3.69. The van der Waals surface area contributed by atoms with Crippen LogP contribution in [0.25, 0.3) is 0 Å². The molecule has 1 fully saturated rings. The van der Waals surface area contributed by atoms with E-state index in [0.717, 1.165) is 12.1 Å². The molecule has 2 heterocycles. The van der Waals surface area contributed by atoms with Crippen LogP contribution in [0.2, 0.25) is 0 Å². The van der Waals surface area contributed by atoms with Crippen molar-refractivity contribution < 1.29 is 9.59 Å². The van der Waals surface area contributed by atoms with Crippen molar-refractivity contribution in [2.75, 3.05) is 40.3 Å². The van der Waals surface area contributed by atoms with Crippen LogP contribution in [0.4, 0.5) is 0 Å². The minimum Gasteiger partial charge on any atom is -0.359 e. The molecule has 0 spiro atoms. The highest BCUT2D eigenvalue weighted by atomic mass is 16.2. The van der Waals surface area contributed by atoms with E-state index in [1.807, 2.05) is 26.1 Å². The molecule has 21 heavy (non-hydrogen) atoms. The number of hydrogen-bond donors (Lipinski definition) is 1. The molecule has 1 aliphatic heterocycles. The van der Waals surface area contributed by atoms with Crippen LogP contribution < -0.4 is 5.32 Å². The fraction of sp³-hybridized carbons (Fsp3) is 0.533. The lowest BCUT2D eigenvalue weighted by Crippen LogP contribution is -2.41. The molecule has 6 heteroatoms. The number of amides is 2. The van der Waals surface area contributed by atoms with Gasteiger partial charge >= 0.3 is 0 Å². The van der Waals surface area contributed by atoms with Crippen LogP contribution in [-0.2, 0) is 4.79 Å². The molecule has 1 aromatic rings. The van der Waals surface area contributed by atoms with Crippen molar-refractivity contribution in [3.63, 3.8) is 0 Å². The molecule has 0 saturated carbocycles. The molecule has 1 N–H and O–H groups in total. The molecule has 1 saturated heterocycles. The normalized spacial score (nSPS) is 20.0. The smallest absolute Gasteiger partial charge is 0.272 e. The molecule has 0 aliphatic carbocycles. The highest BCUT2D eigenvalue weighted by molar-refractivity contribution is 5.94. The van der Waals surface area contributed by atoms with Crippen molar-refractivity contribution in [2.24, 2.45) is 5.92 Å². The summed E-state index contributed by atoms with van der Waals surface area (Å²) in [5, 5.41) is 2.67. The van der Waals surface area contributed by atoms with E-state index in [4.69, 9.17) is 0 Å². The number of carbonyl (C=O) groups excluding carboxylic acids is 2. The molecule has 2 rings (SSSR count). The van der Waals surface area contributed by atoms with Crippen molar-refractivity contribution in [3.8, 4) is 0 Å². The predicted octanol–water partition coefficient (Wildman–Crippen LogP) is 0.140. The van der Waals surface area contributed by atoms with Gasteiger partial charge in [0.1, 0.15) is 5.69 Å². The maximum absolute atomic E-state index is 12.6. The van der Waals surface area contributed by atoms with Crippen molar-refractivity contribution in [1.82, 2.24) is 20.1 Å². The molecule has 1 aromatic heterocycles. The molecule has 6 nitrogen and oxygen atoms in total. The van der Waals surface area contributed by atoms with Gasteiger partial charge in [-0.25, -0.2) is 0 Å². The van der Waals surface area contributed by atoms with E-state index in [1.54, 1.807) is 18.1 Å². The topological polar surface area (TPSA) is 65.5 Å². The number of likely N-dealkylation sites (N-methyl/N-ethyl adjacent to an activating group) is 1. The van der Waals surface area contributed by atoms with Crippen LogP contribution in [0.5, 0.6) is 0 Å². The lowest BCUT2D eigenvalue weighted by atomic mass is 10.1. The number of rotatable bonds is 2. The lowest BCUT2D eigenvalue weighted by Gasteiger charge is -2.23. The Morgan fingerprint density at radius 2 is 2.10 bits per heavy atom. The third-order valence-electron chi connectivity index (χ3n) is 3.84. The van der Waals surface area contributed by atoms with Crippen LogP contribution in [0.15, 0.2) is 18.3 Å². The molecule has 1 aliphatic rings. The van der Waals surface area contributed by atoms with E-state index < -0.39 is 0 Å². The van der Waals surface area contributed by atoms with Crippen LogP contribution >= 0.6 is 0 Å². The SMILES string of the molecule is CNC(=O)[C@H]1CN(C)CCN(C(=O)c2ncccc2C)C1. The van der Waals surface area contributed by atoms with Gasteiger partial charge < -0.3 is 15.1 Å². The Balaban J connectivity index is 2.20. The van der Waals surface area contributed by atoms with Gasteiger partial charge in [-0.05, 0) is 25.6 Å². The molecular weight excluding hydrogens is 268 g/mol. The lowest BCUT2D eigenvalue weighted by molar-refractivity contribution is -0.125. The number of nitrogens with one attached hydrogen (secondary N) is 1. The first-order valence-electron chi connectivity index (χ1n) is 7.14. The van der Waals surface area contributed by atoms with Gasteiger partial charge in [0.05, 0.1) is 5.92 Å². The van der Waals surface area contributed by atoms with E-state index in [9.17, 15) is 9.59 Å². The summed E-state index contributed by atoms with van der Waals surface area (Å²) in [5.74, 6) is -0.341. The van der Waals surface area contributed by atoms with Gasteiger partial charge in [0.25, 0.3) is 5.91 Å². The Kier molecular flexibility index (Phi) is 4.90. The van der Waals surface area contributed by atoms with Crippen molar-refractivity contribution in [1.29, 1.82) is 0 Å². The summed E-state index contributed by atoms with van der Waals surface area (Å²) in [4.78, 5) is 32.6. The van der Waals surface area contributed by atoms with Gasteiger partial charge in [0, 0.05) is 39.4 Å². The zero-order valence-electron chi connectivity index (χ0n) is 12.8. The van der Waals surface area contributed by atoms with E-state index >= 15 is 0 Å². The Morgan fingerprint density at radius 1 is 1.33 bits per heavy atom. The Bertz CT molecular complexity index is 532. The highest BCUT2D eigenvalue weighted by Gasteiger charge is 2.29. The Labute approximate surface area is 125 Å². The van der Waals surface area contributed by atoms with Crippen LogP contribution in [0.1, 0.15) is 16.1 Å². The van der Waals surface area contributed by atoms with Gasteiger partial charge in [0.15, 0.2) is 0 Å². The van der Waals surface area contributed by atoms with E-state index in [0.29, 0.717) is 25.3 Å². The maximum Gasteiger partial charge on any atom is 0.272 e. The zero-order valence-corrected chi connectivity index (χ0v) is 12.8. The van der Waals surface area contributed by atoms with Gasteiger partial charge in [-0.15, -0.1) is 0 Å². The van der Waals surface area contributed by atoms with Gasteiger partial charge in [-0.2, -0.15) is 0 Å². The predicted molar refractivity (Wildman–Crippen MR) is 79.9 cm³/mol. The van der Waals surface area contributed by atoms with E-state index in [1.165, 1.54) is 0 Å². The maximum atomic E-state index is 12.6. The van der Waals surface area contributed by atoms with Crippen LogP contribution in [0.3, 0.4) is 0 Å². The van der Waals surface area contributed by atoms with Crippen LogP contribution in [0, 0.1) is 12.8 Å². The summed E-state index contributed by atoms with van der Waals surface area (Å²) >= 11 is 0. The summed E-state index contributed by atoms with van der Waals surface area (Å²) in [7, 11) is 3.60. The second kappa shape index (κ2) is 6.67. The number of carbonyl (C=O) groups is 2. The van der Waals surface area contributed by atoms with E-state index in [2.05, 4.69) is 15.2 Å². The molecule has 0 bridgehead atoms. The van der Waals surface area contributed by atoms with Crippen LogP contribution in [-0.4, -0.2) is 66.9 Å². The molecule has 0 unspecified atom stereocenters. The standard InChI is InChI=1S/C15H22N4O2/c1-11-5-4-6-17-13(11)15(21)19-8-7-18(3)9-12(10-19)14(20)16-2/h4-6,12H,7-10H2,1-3H3,(H,16,20)/t12-/m0/s1. The fourth-order valence-corrected chi connectivity index (χ4v) is 2.59. The average Bonchev–Trinajstić information content (AvgIpc) is 2.68. The molecule has 114 valence electrons. The first kappa shape index (κ1) is 15.4. The highest BCUT2D eigenvalue weighted by Crippen LogP contribution is 2.13. The monoisotopic (exact) mass is 290 g/mol. The molecule has 2 amide bonds. The van der Waals surface area contributed by atoms with Crippen molar-refractivity contribution in [3.05, 3.63) is 29.6 Å². The number of aromatic nitrogens is 1. The largest absolute Gasteiger partial charge is 0.359 e. The third kappa shape index (κ3) is 3.58. The quantitative estimate of drug-likeness (QED) is 0.841. The molecule has 0 radical (unpaired) electrons. The second-order valence-corrected chi connectivity index (χ2v) is 5.49. The van der Waals surface area contributed by atoms with E-state index in [-0.39, 0.29) is 17.7 Å². The van der Waals surface area contributed by atoms with Crippen molar-refractivity contribution >= 4 is 11.8 Å². The molecule has 1 atom stereocenters. The Hall–Kier alpha value is -1.95. The minimum atomic E-state index is -0.213. The summed E-state index contributed by atoms with van der Waals surface area (Å²) in [6.45, 7) is 4.33. The number of pyridine rings is 1. The summed E-state index contributed by atoms with van der Waals surface area (Å²) in [6.07, 6.45) is 1.63. The Morgan fingerprint density at radius 3 is 2.76 bits per heavy atom. The second-order valence-electron chi connectivity index (χ2n) is 5.49. The third-order valence-corrected chi connectivity index (χ3v) is 3.84. The van der Waals surface area contributed by atoms with Crippen molar-refractivity contribution in [2.45, 2.75) is 6.92 Å². The van der Waals surface area contributed by atoms with Gasteiger partial charge in [0.2, 0.25) is 5.91 Å². The number of hydrogen-bond acceptors (Lipinski definition) is 4.